The molecule has 2 aromatic rings. The maximum Gasteiger partial charge on any atom is 0.220 e. The van der Waals surface area contributed by atoms with Crippen molar-refractivity contribution < 1.29 is 9.90 Å². The van der Waals surface area contributed by atoms with E-state index in [1.165, 1.54) is 6.07 Å². The average Bonchev–Trinajstić information content (AvgIpc) is 2.61. The van der Waals surface area contributed by atoms with Crippen molar-refractivity contribution in [3.63, 3.8) is 0 Å². The molecule has 6 heteroatoms. The fraction of sp³-hybridized carbons (Fsp3) is 0. The third-order valence-corrected chi connectivity index (χ3v) is 1.99. The summed E-state index contributed by atoms with van der Waals surface area (Å²) >= 11 is 0. The Morgan fingerprint density at radius 3 is 2.93 bits per heavy atom. The summed E-state index contributed by atoms with van der Waals surface area (Å²) in [7, 11) is 0. The van der Waals surface area contributed by atoms with Crippen molar-refractivity contribution in [3.05, 3.63) is 30.0 Å². The summed E-state index contributed by atoms with van der Waals surface area (Å²) in [6.07, 6.45) is 0. The molecular formula is C9H6N4O2. The first-order chi connectivity index (χ1) is 7.20. The van der Waals surface area contributed by atoms with E-state index in [2.05, 4.69) is 15.0 Å². The van der Waals surface area contributed by atoms with Crippen LogP contribution in [0.15, 0.2) is 29.4 Å². The average molecular weight is 202 g/mol. The lowest BCUT2D eigenvalue weighted by Crippen LogP contribution is -2.22. The highest BCUT2D eigenvalue weighted by Gasteiger charge is 2.03. The lowest BCUT2D eigenvalue weighted by atomic mass is 10.2. The molecule has 0 aliphatic carbocycles. The van der Waals surface area contributed by atoms with E-state index in [0.29, 0.717) is 16.6 Å². The number of carbonyl (C=O) groups excluding carboxylic acids is 1. The fourth-order valence-electron chi connectivity index (χ4n) is 1.35. The van der Waals surface area contributed by atoms with Crippen LogP contribution in [-0.2, 0) is 0 Å². The summed E-state index contributed by atoms with van der Waals surface area (Å²) in [5, 5.41) is 14.8. The van der Waals surface area contributed by atoms with Crippen LogP contribution < -0.4 is 10.0 Å². The van der Waals surface area contributed by atoms with E-state index in [0.717, 1.165) is 0 Å². The van der Waals surface area contributed by atoms with Crippen molar-refractivity contribution in [3.8, 4) is 0 Å². The Hall–Kier alpha value is -2.46. The Kier molecular flexibility index (Phi) is 2.04. The highest BCUT2D eigenvalue weighted by molar-refractivity contribution is 5.93. The zero-order chi connectivity index (χ0) is 10.8. The Morgan fingerprint density at radius 1 is 1.47 bits per heavy atom. The van der Waals surface area contributed by atoms with E-state index < -0.39 is 5.97 Å². The summed E-state index contributed by atoms with van der Waals surface area (Å²) in [5.41, 5.74) is 7.77. The molecule has 15 heavy (non-hydrogen) atoms. The molecule has 0 aliphatic heterocycles. The molecule has 0 radical (unpaired) electrons. The first-order valence-corrected chi connectivity index (χ1v) is 4.12. The minimum absolute atomic E-state index is 0.0185. The Balaban J connectivity index is 2.61. The van der Waals surface area contributed by atoms with E-state index in [-0.39, 0.29) is 5.69 Å². The molecule has 1 heterocycles. The van der Waals surface area contributed by atoms with Crippen LogP contribution in [0.5, 0.6) is 0 Å². The van der Waals surface area contributed by atoms with Crippen LogP contribution >= 0.6 is 0 Å². The topological polar surface area (TPSA) is 106 Å². The fourth-order valence-corrected chi connectivity index (χ4v) is 1.35. The monoisotopic (exact) mass is 202 g/mol. The van der Waals surface area contributed by atoms with E-state index in [1.54, 1.807) is 18.2 Å². The summed E-state index contributed by atoms with van der Waals surface area (Å²) in [5.74, 6) is -1.25. The predicted octanol–water partition coefficient (Wildman–Crippen LogP) is 0.713. The number of carboxylic acids is 1. The molecule has 0 unspecified atom stereocenters. The molecule has 0 spiro atoms. The molecule has 0 saturated heterocycles. The molecule has 0 bridgehead atoms. The number of aromatic carboxylic acids is 1. The van der Waals surface area contributed by atoms with Gasteiger partial charge in [-0.15, -0.1) is 0 Å². The largest absolute Gasteiger partial charge is 0.543 e. The molecular weight excluding hydrogens is 196 g/mol. The maximum absolute atomic E-state index is 10.6. The van der Waals surface area contributed by atoms with E-state index in [4.69, 9.17) is 5.53 Å². The standard InChI is InChI=1S/C9H6N4O2/c10-13-12-6-1-2-7-5(3-6)4-8(11-7)9(14)15/h1-4,10H,(H,14,15). The number of benzene rings is 1. The van der Waals surface area contributed by atoms with Gasteiger partial charge in [0.15, 0.2) is 10.8 Å². The van der Waals surface area contributed by atoms with Crippen LogP contribution in [0, 0.1) is 5.53 Å². The molecule has 0 saturated carbocycles. The van der Waals surface area contributed by atoms with Crippen LogP contribution in [-0.4, -0.2) is 11.0 Å². The van der Waals surface area contributed by atoms with Gasteiger partial charge < -0.3 is 14.9 Å². The lowest BCUT2D eigenvalue weighted by molar-refractivity contribution is -0.255. The number of hydrogen-bond donors (Lipinski definition) is 2. The van der Waals surface area contributed by atoms with Gasteiger partial charge >= 0.3 is 0 Å². The number of aromatic amines is 1. The molecule has 2 rings (SSSR count). The minimum Gasteiger partial charge on any atom is -0.543 e. The smallest absolute Gasteiger partial charge is 0.220 e. The SMILES string of the molecule is N=[N+]=Nc1ccc2[nH]c(C(=O)[O-])cc2c1. The Bertz CT molecular complexity index is 581. The number of rotatable bonds is 2. The van der Waals surface area contributed by atoms with E-state index in [9.17, 15) is 9.90 Å². The van der Waals surface area contributed by atoms with Crippen molar-refractivity contribution in [1.82, 2.24) is 9.90 Å². The number of carbonyl (C=O) groups is 1. The zero-order valence-electron chi connectivity index (χ0n) is 7.52. The van der Waals surface area contributed by atoms with Gasteiger partial charge in [0.1, 0.15) is 5.53 Å². The number of fused-ring (bicyclic) bond motifs is 1. The molecule has 0 amide bonds. The molecule has 74 valence electrons. The van der Waals surface area contributed by atoms with Crippen molar-refractivity contribution in [1.29, 1.82) is 5.53 Å². The number of carboxylic acid groups (broad SMARTS) is 1. The molecule has 0 aliphatic rings. The summed E-state index contributed by atoms with van der Waals surface area (Å²) in [4.78, 5) is 16.1. The molecule has 6 nitrogen and oxygen atoms in total. The molecule has 1 aromatic heterocycles. The number of nitrogens with zero attached hydrogens (tertiary/aromatic N) is 2. The van der Waals surface area contributed by atoms with Gasteiger partial charge in [-0.05, 0) is 24.3 Å². The van der Waals surface area contributed by atoms with Crippen LogP contribution in [0.2, 0.25) is 0 Å². The van der Waals surface area contributed by atoms with Crippen molar-refractivity contribution in [2.24, 2.45) is 5.11 Å². The number of hydrogen-bond acceptors (Lipinski definition) is 4. The predicted molar refractivity (Wildman–Crippen MR) is 49.6 cm³/mol. The second-order valence-electron chi connectivity index (χ2n) is 2.94. The first kappa shape index (κ1) is 9.11. The van der Waals surface area contributed by atoms with Gasteiger partial charge in [-0.25, -0.2) is 0 Å². The van der Waals surface area contributed by atoms with Gasteiger partial charge in [0.05, 0.1) is 11.7 Å². The van der Waals surface area contributed by atoms with Crippen LogP contribution in [0.3, 0.4) is 0 Å². The van der Waals surface area contributed by atoms with Gasteiger partial charge in [-0.1, -0.05) is 0 Å². The second kappa shape index (κ2) is 3.36. The van der Waals surface area contributed by atoms with Crippen LogP contribution in [0.25, 0.3) is 10.9 Å². The van der Waals surface area contributed by atoms with Gasteiger partial charge in [0, 0.05) is 10.9 Å². The van der Waals surface area contributed by atoms with Crippen molar-refractivity contribution in [2.45, 2.75) is 0 Å². The number of nitrogens with one attached hydrogen (secondary N) is 2. The van der Waals surface area contributed by atoms with Crippen molar-refractivity contribution >= 4 is 22.6 Å². The van der Waals surface area contributed by atoms with Gasteiger partial charge in [-0.2, -0.15) is 0 Å². The lowest BCUT2D eigenvalue weighted by Gasteiger charge is -1.93. The number of H-pyrrole nitrogens is 1. The Morgan fingerprint density at radius 2 is 2.27 bits per heavy atom. The van der Waals surface area contributed by atoms with Crippen LogP contribution in [0.1, 0.15) is 10.5 Å². The summed E-state index contributed by atoms with van der Waals surface area (Å²) in [6.45, 7) is 0. The third-order valence-electron chi connectivity index (χ3n) is 1.99. The molecule has 1 aromatic carbocycles. The van der Waals surface area contributed by atoms with Gasteiger partial charge in [0.25, 0.3) is 0 Å². The summed E-state index contributed by atoms with van der Waals surface area (Å²) < 4.78 is 0. The highest BCUT2D eigenvalue weighted by Crippen LogP contribution is 2.21. The third kappa shape index (κ3) is 1.61. The number of aromatic nitrogens is 1. The van der Waals surface area contributed by atoms with E-state index in [1.807, 2.05) is 0 Å². The normalized spacial score (nSPS) is 9.87. The highest BCUT2D eigenvalue weighted by atomic mass is 16.4. The Labute approximate surface area is 83.8 Å². The molecule has 0 fully saturated rings. The minimum atomic E-state index is -1.25. The van der Waals surface area contributed by atoms with E-state index >= 15 is 0 Å². The second-order valence-corrected chi connectivity index (χ2v) is 2.94. The van der Waals surface area contributed by atoms with Crippen LogP contribution in [0.4, 0.5) is 5.69 Å². The quantitative estimate of drug-likeness (QED) is 0.552. The zero-order valence-corrected chi connectivity index (χ0v) is 7.52. The van der Waals surface area contributed by atoms with Gasteiger partial charge in [0.2, 0.25) is 4.91 Å². The maximum atomic E-state index is 10.6. The van der Waals surface area contributed by atoms with Crippen molar-refractivity contribution in [2.75, 3.05) is 0 Å². The summed E-state index contributed by atoms with van der Waals surface area (Å²) in [6, 6.07) is 6.39. The van der Waals surface area contributed by atoms with Gasteiger partial charge in [-0.3, -0.25) is 0 Å². The first-order valence-electron chi connectivity index (χ1n) is 4.12. The molecule has 0 atom stereocenters. The molecule has 2 N–H and O–H groups in total.